The highest BCUT2D eigenvalue weighted by atomic mass is 16.6. The molecule has 92 valence electrons. The van der Waals surface area contributed by atoms with Crippen molar-refractivity contribution in [1.82, 2.24) is 10.8 Å². The van der Waals surface area contributed by atoms with E-state index in [1.807, 2.05) is 0 Å². The van der Waals surface area contributed by atoms with Crippen LogP contribution in [0.4, 0.5) is 0 Å². The molecule has 17 heavy (non-hydrogen) atoms. The number of rotatable bonds is 5. The molecule has 1 aromatic heterocycles. The van der Waals surface area contributed by atoms with Gasteiger partial charge in [-0.2, -0.15) is 5.48 Å². The van der Waals surface area contributed by atoms with Crippen LogP contribution in [0, 0.1) is 0 Å². The van der Waals surface area contributed by atoms with Crippen LogP contribution in [-0.4, -0.2) is 24.2 Å². The van der Waals surface area contributed by atoms with E-state index in [2.05, 4.69) is 17.4 Å². The van der Waals surface area contributed by atoms with E-state index in [-0.39, 0.29) is 6.04 Å². The molecule has 0 saturated carbocycles. The van der Waals surface area contributed by atoms with Crippen LogP contribution in [-0.2, 0) is 9.63 Å². The SMILES string of the molecule is C=CCONC1CNC(C(=O)O)c2occc21. The van der Waals surface area contributed by atoms with E-state index in [1.165, 1.54) is 6.26 Å². The molecule has 6 nitrogen and oxygen atoms in total. The minimum Gasteiger partial charge on any atom is -0.480 e. The van der Waals surface area contributed by atoms with Crippen LogP contribution in [0.2, 0.25) is 0 Å². The number of hydrogen-bond acceptors (Lipinski definition) is 5. The molecule has 1 aliphatic heterocycles. The summed E-state index contributed by atoms with van der Waals surface area (Å²) < 4.78 is 5.21. The molecule has 3 N–H and O–H groups in total. The van der Waals surface area contributed by atoms with Gasteiger partial charge in [0, 0.05) is 12.1 Å². The van der Waals surface area contributed by atoms with Gasteiger partial charge in [-0.05, 0) is 6.07 Å². The smallest absolute Gasteiger partial charge is 0.328 e. The van der Waals surface area contributed by atoms with Crippen molar-refractivity contribution in [3.63, 3.8) is 0 Å². The van der Waals surface area contributed by atoms with Crippen molar-refractivity contribution >= 4 is 5.97 Å². The molecule has 2 unspecified atom stereocenters. The highest BCUT2D eigenvalue weighted by Crippen LogP contribution is 2.29. The molecular weight excluding hydrogens is 224 g/mol. The quantitative estimate of drug-likeness (QED) is 0.399. The van der Waals surface area contributed by atoms with Crippen molar-refractivity contribution in [2.75, 3.05) is 13.2 Å². The first-order valence-corrected chi connectivity index (χ1v) is 5.25. The van der Waals surface area contributed by atoms with Gasteiger partial charge < -0.3 is 9.52 Å². The molecule has 0 radical (unpaired) electrons. The second-order valence-corrected chi connectivity index (χ2v) is 3.69. The third-order valence-electron chi connectivity index (χ3n) is 2.56. The van der Waals surface area contributed by atoms with E-state index in [9.17, 15) is 4.79 Å². The number of fused-ring (bicyclic) bond motifs is 1. The lowest BCUT2D eigenvalue weighted by atomic mass is 9.99. The molecule has 0 bridgehead atoms. The molecule has 0 aromatic carbocycles. The summed E-state index contributed by atoms with van der Waals surface area (Å²) in [5.41, 5.74) is 3.64. The lowest BCUT2D eigenvalue weighted by Crippen LogP contribution is -2.41. The molecule has 6 heteroatoms. The van der Waals surface area contributed by atoms with Crippen molar-refractivity contribution < 1.29 is 19.2 Å². The number of nitrogens with one attached hydrogen (secondary N) is 2. The highest BCUT2D eigenvalue weighted by Gasteiger charge is 2.34. The van der Waals surface area contributed by atoms with Crippen molar-refractivity contribution in [2.24, 2.45) is 0 Å². The zero-order valence-corrected chi connectivity index (χ0v) is 9.18. The molecule has 0 fully saturated rings. The Hall–Kier alpha value is -1.63. The number of hydroxylamine groups is 1. The number of carboxylic acid groups (broad SMARTS) is 1. The number of aliphatic carboxylic acids is 1. The molecule has 0 amide bonds. The lowest BCUT2D eigenvalue weighted by Gasteiger charge is -2.26. The molecule has 0 saturated heterocycles. The maximum Gasteiger partial charge on any atom is 0.328 e. The summed E-state index contributed by atoms with van der Waals surface area (Å²) in [6, 6.07) is 0.831. The Morgan fingerprint density at radius 2 is 2.65 bits per heavy atom. The van der Waals surface area contributed by atoms with Crippen molar-refractivity contribution in [3.8, 4) is 0 Å². The van der Waals surface area contributed by atoms with Gasteiger partial charge in [0.2, 0.25) is 0 Å². The summed E-state index contributed by atoms with van der Waals surface area (Å²) in [4.78, 5) is 16.1. The predicted octanol–water partition coefficient (Wildman–Crippen LogP) is 0.757. The van der Waals surface area contributed by atoms with Gasteiger partial charge in [0.25, 0.3) is 0 Å². The number of carboxylic acids is 1. The van der Waals surface area contributed by atoms with Gasteiger partial charge in [0.15, 0.2) is 6.04 Å². The van der Waals surface area contributed by atoms with E-state index >= 15 is 0 Å². The van der Waals surface area contributed by atoms with Crippen LogP contribution in [0.1, 0.15) is 23.4 Å². The largest absolute Gasteiger partial charge is 0.480 e. The Bertz CT molecular complexity index is 415. The maximum absolute atomic E-state index is 11.0. The topological polar surface area (TPSA) is 83.7 Å². The molecule has 1 aliphatic rings. The first-order chi connectivity index (χ1) is 8.24. The highest BCUT2D eigenvalue weighted by molar-refractivity contribution is 5.75. The lowest BCUT2D eigenvalue weighted by molar-refractivity contribution is -0.140. The summed E-state index contributed by atoms with van der Waals surface area (Å²) >= 11 is 0. The van der Waals surface area contributed by atoms with Crippen molar-refractivity contribution in [1.29, 1.82) is 0 Å². The van der Waals surface area contributed by atoms with Gasteiger partial charge in [-0.25, -0.2) is 0 Å². The van der Waals surface area contributed by atoms with Gasteiger partial charge in [0.1, 0.15) is 5.76 Å². The number of carbonyl (C=O) groups is 1. The monoisotopic (exact) mass is 238 g/mol. The van der Waals surface area contributed by atoms with E-state index in [1.54, 1.807) is 12.1 Å². The summed E-state index contributed by atoms with van der Waals surface area (Å²) in [5, 5.41) is 11.9. The Labute approximate surface area is 98.2 Å². The van der Waals surface area contributed by atoms with Gasteiger partial charge in [-0.3, -0.25) is 14.9 Å². The van der Waals surface area contributed by atoms with E-state index in [0.717, 1.165) is 5.56 Å². The Morgan fingerprint density at radius 1 is 1.82 bits per heavy atom. The molecule has 0 spiro atoms. The van der Waals surface area contributed by atoms with E-state index in [4.69, 9.17) is 14.4 Å². The van der Waals surface area contributed by atoms with Crippen molar-refractivity contribution in [3.05, 3.63) is 36.3 Å². The first kappa shape index (κ1) is 11.8. The first-order valence-electron chi connectivity index (χ1n) is 5.25. The fourth-order valence-corrected chi connectivity index (χ4v) is 1.80. The summed E-state index contributed by atoms with van der Waals surface area (Å²) in [6.45, 7) is 4.38. The van der Waals surface area contributed by atoms with Crippen LogP contribution in [0.25, 0.3) is 0 Å². The van der Waals surface area contributed by atoms with E-state index in [0.29, 0.717) is 18.9 Å². The van der Waals surface area contributed by atoms with Crippen molar-refractivity contribution in [2.45, 2.75) is 12.1 Å². The second kappa shape index (κ2) is 5.13. The summed E-state index contributed by atoms with van der Waals surface area (Å²) in [5.74, 6) is -0.532. The number of furan rings is 1. The van der Waals surface area contributed by atoms with Crippen LogP contribution in [0.5, 0.6) is 0 Å². The minimum atomic E-state index is -0.952. The Kier molecular flexibility index (Phi) is 3.58. The molecule has 1 aromatic rings. The van der Waals surface area contributed by atoms with Gasteiger partial charge in [0.05, 0.1) is 18.9 Å². The van der Waals surface area contributed by atoms with Crippen LogP contribution in [0.15, 0.2) is 29.4 Å². The third-order valence-corrected chi connectivity index (χ3v) is 2.56. The second-order valence-electron chi connectivity index (χ2n) is 3.69. The average Bonchev–Trinajstić information content (AvgIpc) is 2.78. The number of hydrogen-bond donors (Lipinski definition) is 3. The fourth-order valence-electron chi connectivity index (χ4n) is 1.80. The van der Waals surface area contributed by atoms with Crippen LogP contribution >= 0.6 is 0 Å². The molecule has 2 rings (SSSR count). The molecular formula is C11H14N2O4. The Morgan fingerprint density at radius 3 is 3.35 bits per heavy atom. The normalized spacial score (nSPS) is 23.1. The van der Waals surface area contributed by atoms with Gasteiger partial charge in [-0.1, -0.05) is 6.08 Å². The maximum atomic E-state index is 11.0. The standard InChI is InChI=1S/C11H14N2O4/c1-2-4-17-13-8-6-12-9(11(14)15)10-7(8)3-5-16-10/h2-3,5,8-9,12-13H,1,4,6H2,(H,14,15). The minimum absolute atomic E-state index is 0.126. The zero-order chi connectivity index (χ0) is 12.3. The molecule has 2 heterocycles. The fraction of sp³-hybridized carbons (Fsp3) is 0.364. The predicted molar refractivity (Wildman–Crippen MR) is 59.1 cm³/mol. The zero-order valence-electron chi connectivity index (χ0n) is 9.18. The van der Waals surface area contributed by atoms with Gasteiger partial charge >= 0.3 is 5.97 Å². The Balaban J connectivity index is 2.11. The van der Waals surface area contributed by atoms with Gasteiger partial charge in [-0.15, -0.1) is 6.58 Å². The van der Waals surface area contributed by atoms with E-state index < -0.39 is 12.0 Å². The van der Waals surface area contributed by atoms with Crippen LogP contribution in [0.3, 0.4) is 0 Å². The summed E-state index contributed by atoms with van der Waals surface area (Å²) in [7, 11) is 0. The third kappa shape index (κ3) is 2.38. The average molecular weight is 238 g/mol. The van der Waals surface area contributed by atoms with Crippen LogP contribution < -0.4 is 10.8 Å². The molecule has 0 aliphatic carbocycles. The summed E-state index contributed by atoms with van der Waals surface area (Å²) in [6.07, 6.45) is 3.11. The molecule has 2 atom stereocenters.